The number of likely N-dealkylation sites (N-methyl/N-ethyl adjacent to an activating group) is 2. The van der Waals surface area contributed by atoms with Gasteiger partial charge in [0.1, 0.15) is 11.3 Å². The van der Waals surface area contributed by atoms with Crippen LogP contribution in [0.3, 0.4) is 0 Å². The molecule has 1 fully saturated rings. The van der Waals surface area contributed by atoms with Crippen molar-refractivity contribution < 1.29 is 9.21 Å². The number of hydrogen-bond donors (Lipinski definition) is 0. The molecule has 1 saturated carbocycles. The highest BCUT2D eigenvalue weighted by Gasteiger charge is 2.40. The van der Waals surface area contributed by atoms with E-state index >= 15 is 0 Å². The van der Waals surface area contributed by atoms with Crippen LogP contribution in [0.5, 0.6) is 0 Å². The summed E-state index contributed by atoms with van der Waals surface area (Å²) < 4.78 is 5.33. The summed E-state index contributed by atoms with van der Waals surface area (Å²) in [5.74, 6) is 0.829. The molecule has 0 saturated heterocycles. The van der Waals surface area contributed by atoms with Crippen LogP contribution in [0.2, 0.25) is 0 Å². The van der Waals surface area contributed by atoms with Crippen LogP contribution in [0.1, 0.15) is 44.8 Å². The number of furan rings is 1. The Bertz CT molecular complexity index is 527. The molecule has 5 heteroatoms. The van der Waals surface area contributed by atoms with E-state index in [1.165, 1.54) is 0 Å². The smallest absolute Gasteiger partial charge is 0.240 e. The molecule has 0 unspecified atom stereocenters. The minimum absolute atomic E-state index is 0.00231. The number of rotatable bonds is 5. The minimum Gasteiger partial charge on any atom is -0.468 e. The lowest BCUT2D eigenvalue weighted by molar-refractivity contribution is -0.139. The van der Waals surface area contributed by atoms with Crippen molar-refractivity contribution >= 4 is 5.91 Å². The van der Waals surface area contributed by atoms with Crippen molar-refractivity contribution in [1.29, 1.82) is 5.26 Å². The van der Waals surface area contributed by atoms with Crippen molar-refractivity contribution in [2.45, 2.75) is 57.2 Å². The van der Waals surface area contributed by atoms with Crippen LogP contribution in [0.15, 0.2) is 22.8 Å². The lowest BCUT2D eigenvalue weighted by atomic mass is 9.81. The Balaban J connectivity index is 2.03. The molecule has 0 spiro atoms. The molecule has 0 bridgehead atoms. The molecule has 1 heterocycles. The maximum absolute atomic E-state index is 12.8. The molecule has 1 amide bonds. The van der Waals surface area contributed by atoms with E-state index in [1.54, 1.807) is 18.2 Å². The van der Waals surface area contributed by atoms with Crippen molar-refractivity contribution in [1.82, 2.24) is 9.80 Å². The van der Waals surface area contributed by atoms with E-state index in [9.17, 15) is 10.1 Å². The fourth-order valence-corrected chi connectivity index (χ4v) is 3.12. The molecule has 120 valence electrons. The number of hydrogen-bond acceptors (Lipinski definition) is 4. The maximum Gasteiger partial charge on any atom is 0.240 e. The van der Waals surface area contributed by atoms with Gasteiger partial charge in [0.25, 0.3) is 0 Å². The normalized spacial score (nSPS) is 18.7. The van der Waals surface area contributed by atoms with Gasteiger partial charge in [0.15, 0.2) is 0 Å². The maximum atomic E-state index is 12.8. The van der Waals surface area contributed by atoms with Gasteiger partial charge in [-0.25, -0.2) is 0 Å². The van der Waals surface area contributed by atoms with Gasteiger partial charge in [-0.15, -0.1) is 0 Å². The minimum atomic E-state index is -0.630. The monoisotopic (exact) mass is 303 g/mol. The Kier molecular flexibility index (Phi) is 5.25. The summed E-state index contributed by atoms with van der Waals surface area (Å²) in [6.45, 7) is 2.46. The zero-order valence-corrected chi connectivity index (χ0v) is 13.7. The van der Waals surface area contributed by atoms with E-state index in [2.05, 4.69) is 6.07 Å². The Morgan fingerprint density at radius 2 is 2.09 bits per heavy atom. The summed E-state index contributed by atoms with van der Waals surface area (Å²) in [5, 5.41) is 9.62. The molecule has 1 atom stereocenters. The Hall–Kier alpha value is -1.80. The van der Waals surface area contributed by atoms with Gasteiger partial charge >= 0.3 is 0 Å². The van der Waals surface area contributed by atoms with Crippen LogP contribution in [-0.2, 0) is 11.3 Å². The molecule has 0 N–H and O–H groups in total. The second-order valence-electron chi connectivity index (χ2n) is 6.27. The van der Waals surface area contributed by atoms with Gasteiger partial charge < -0.3 is 9.32 Å². The Morgan fingerprint density at radius 3 is 2.64 bits per heavy atom. The molecule has 1 aliphatic rings. The van der Waals surface area contributed by atoms with Crippen molar-refractivity contribution in [2.75, 3.05) is 14.1 Å². The SMILES string of the molecule is C[C@@H](C(=O)N(C)C1(C#N)CCCCC1)N(C)Cc1ccco1. The third kappa shape index (κ3) is 3.33. The van der Waals surface area contributed by atoms with Crippen LogP contribution in [0.25, 0.3) is 0 Å². The highest BCUT2D eigenvalue weighted by molar-refractivity contribution is 5.82. The van der Waals surface area contributed by atoms with E-state index in [4.69, 9.17) is 4.42 Å². The summed E-state index contributed by atoms with van der Waals surface area (Å²) in [6.07, 6.45) is 6.37. The van der Waals surface area contributed by atoms with E-state index in [-0.39, 0.29) is 11.9 Å². The topological polar surface area (TPSA) is 60.5 Å². The van der Waals surface area contributed by atoms with Gasteiger partial charge in [-0.1, -0.05) is 19.3 Å². The molecule has 5 nitrogen and oxygen atoms in total. The molecule has 0 radical (unpaired) electrons. The number of carbonyl (C=O) groups excluding carboxylic acids is 1. The fourth-order valence-electron chi connectivity index (χ4n) is 3.12. The van der Waals surface area contributed by atoms with Crippen molar-refractivity contribution in [2.24, 2.45) is 0 Å². The number of amides is 1. The molecule has 1 aliphatic carbocycles. The van der Waals surface area contributed by atoms with Gasteiger partial charge in [-0.05, 0) is 38.9 Å². The van der Waals surface area contributed by atoms with Gasteiger partial charge in [0.05, 0.1) is 24.9 Å². The van der Waals surface area contributed by atoms with E-state index in [0.717, 1.165) is 37.9 Å². The first kappa shape index (κ1) is 16.6. The zero-order valence-electron chi connectivity index (χ0n) is 13.7. The molecule has 1 aromatic rings. The van der Waals surface area contributed by atoms with Crippen molar-refractivity contribution in [3.05, 3.63) is 24.2 Å². The summed E-state index contributed by atoms with van der Waals surface area (Å²) in [4.78, 5) is 16.4. The lowest BCUT2D eigenvalue weighted by Crippen LogP contribution is -2.55. The van der Waals surface area contributed by atoms with Crippen LogP contribution >= 0.6 is 0 Å². The van der Waals surface area contributed by atoms with Gasteiger partial charge in [-0.2, -0.15) is 5.26 Å². The highest BCUT2D eigenvalue weighted by Crippen LogP contribution is 2.33. The number of nitriles is 1. The molecule has 1 aromatic heterocycles. The average molecular weight is 303 g/mol. The molecule has 22 heavy (non-hydrogen) atoms. The zero-order chi connectivity index (χ0) is 16.2. The van der Waals surface area contributed by atoms with Crippen LogP contribution < -0.4 is 0 Å². The second-order valence-corrected chi connectivity index (χ2v) is 6.27. The Labute approximate surface area is 132 Å². The summed E-state index contributed by atoms with van der Waals surface area (Å²) in [6, 6.07) is 5.86. The Morgan fingerprint density at radius 1 is 1.41 bits per heavy atom. The standard InChI is InChI=1S/C17H25N3O2/c1-14(19(2)12-15-8-7-11-22-15)16(21)20(3)17(13-18)9-5-4-6-10-17/h7-8,11,14H,4-6,9-10,12H2,1-3H3/t14-/m0/s1. The van der Waals surface area contributed by atoms with Crippen molar-refractivity contribution in [3.8, 4) is 6.07 Å². The van der Waals surface area contributed by atoms with Crippen molar-refractivity contribution in [3.63, 3.8) is 0 Å². The number of carbonyl (C=O) groups is 1. The van der Waals surface area contributed by atoms with Crippen LogP contribution in [0, 0.1) is 11.3 Å². The van der Waals surface area contributed by atoms with Crippen LogP contribution in [0.4, 0.5) is 0 Å². The molecule has 0 aromatic carbocycles. The molecular weight excluding hydrogens is 278 g/mol. The first-order chi connectivity index (χ1) is 10.5. The number of nitrogens with zero attached hydrogens (tertiary/aromatic N) is 3. The van der Waals surface area contributed by atoms with Gasteiger partial charge in [0.2, 0.25) is 5.91 Å². The van der Waals surface area contributed by atoms with E-state index in [1.807, 2.05) is 31.0 Å². The van der Waals surface area contributed by atoms with E-state index in [0.29, 0.717) is 6.54 Å². The lowest BCUT2D eigenvalue weighted by Gasteiger charge is -2.41. The first-order valence-electron chi connectivity index (χ1n) is 7.92. The van der Waals surface area contributed by atoms with Gasteiger partial charge in [-0.3, -0.25) is 9.69 Å². The first-order valence-corrected chi connectivity index (χ1v) is 7.92. The average Bonchev–Trinajstić information content (AvgIpc) is 3.06. The summed E-state index contributed by atoms with van der Waals surface area (Å²) in [5.41, 5.74) is -0.630. The third-order valence-electron chi connectivity index (χ3n) is 4.87. The van der Waals surface area contributed by atoms with Crippen LogP contribution in [-0.4, -0.2) is 41.4 Å². The van der Waals surface area contributed by atoms with Gasteiger partial charge in [0, 0.05) is 7.05 Å². The molecule has 0 aliphatic heterocycles. The molecule has 2 rings (SSSR count). The van der Waals surface area contributed by atoms with E-state index < -0.39 is 5.54 Å². The predicted molar refractivity (Wildman–Crippen MR) is 83.8 cm³/mol. The highest BCUT2D eigenvalue weighted by atomic mass is 16.3. The quantitative estimate of drug-likeness (QED) is 0.839. The second kappa shape index (κ2) is 6.97. The third-order valence-corrected chi connectivity index (χ3v) is 4.87. The largest absolute Gasteiger partial charge is 0.468 e. The summed E-state index contributed by atoms with van der Waals surface area (Å²) >= 11 is 0. The predicted octanol–water partition coefficient (Wildman–Crippen LogP) is 2.78. The summed E-state index contributed by atoms with van der Waals surface area (Å²) in [7, 11) is 3.67. The molecular formula is C17H25N3O2. The fraction of sp³-hybridized carbons (Fsp3) is 0.647.